The van der Waals surface area contributed by atoms with Crippen molar-refractivity contribution in [2.75, 3.05) is 6.61 Å². The zero-order valence-electron chi connectivity index (χ0n) is 12.2. The third-order valence-electron chi connectivity index (χ3n) is 3.43. The smallest absolute Gasteiger partial charge is 0.341 e. The number of imide groups is 1. The Labute approximate surface area is 140 Å². The Morgan fingerprint density at radius 2 is 1.96 bits per heavy atom. The fraction of sp³-hybridized carbons (Fsp3) is 0.400. The minimum Gasteiger partial charge on any atom is -0.452 e. The van der Waals surface area contributed by atoms with Crippen molar-refractivity contribution in [2.45, 2.75) is 31.7 Å². The second kappa shape index (κ2) is 8.05. The van der Waals surface area contributed by atoms with E-state index in [0.29, 0.717) is 4.47 Å². The molecule has 0 spiro atoms. The molecule has 2 rings (SSSR count). The van der Waals surface area contributed by atoms with Crippen LogP contribution in [0.4, 0.5) is 9.18 Å². The lowest BCUT2D eigenvalue weighted by Gasteiger charge is -2.12. The van der Waals surface area contributed by atoms with E-state index in [1.807, 2.05) is 0 Å². The Bertz CT molecular complexity index is 617. The second-order valence-corrected chi connectivity index (χ2v) is 6.12. The maximum atomic E-state index is 13.5. The lowest BCUT2D eigenvalue weighted by Crippen LogP contribution is -2.45. The molecular weight excluding hydrogens is 371 g/mol. The van der Waals surface area contributed by atoms with E-state index in [-0.39, 0.29) is 11.6 Å². The van der Waals surface area contributed by atoms with Crippen molar-refractivity contribution in [3.63, 3.8) is 0 Å². The fourth-order valence-corrected chi connectivity index (χ4v) is 2.68. The van der Waals surface area contributed by atoms with Gasteiger partial charge in [0.15, 0.2) is 6.61 Å². The molecule has 1 aliphatic rings. The average molecular weight is 387 g/mol. The Balaban J connectivity index is 1.78. The Kier molecular flexibility index (Phi) is 6.09. The highest BCUT2D eigenvalue weighted by molar-refractivity contribution is 9.10. The van der Waals surface area contributed by atoms with Crippen LogP contribution in [0.3, 0.4) is 0 Å². The van der Waals surface area contributed by atoms with Crippen molar-refractivity contribution in [3.8, 4) is 0 Å². The first-order chi connectivity index (χ1) is 11.0. The predicted octanol–water partition coefficient (Wildman–Crippen LogP) is 2.51. The van der Waals surface area contributed by atoms with Crippen molar-refractivity contribution in [1.82, 2.24) is 10.6 Å². The van der Waals surface area contributed by atoms with Crippen molar-refractivity contribution in [2.24, 2.45) is 0 Å². The summed E-state index contributed by atoms with van der Waals surface area (Å²) in [5, 5.41) is 4.74. The molecule has 1 saturated carbocycles. The van der Waals surface area contributed by atoms with Gasteiger partial charge in [0, 0.05) is 10.5 Å². The largest absolute Gasteiger partial charge is 0.452 e. The first-order valence-corrected chi connectivity index (χ1v) is 7.97. The second-order valence-electron chi connectivity index (χ2n) is 5.20. The van der Waals surface area contributed by atoms with Crippen molar-refractivity contribution >= 4 is 33.8 Å². The first-order valence-electron chi connectivity index (χ1n) is 7.18. The van der Waals surface area contributed by atoms with E-state index >= 15 is 0 Å². The van der Waals surface area contributed by atoms with Gasteiger partial charge in [0.25, 0.3) is 5.91 Å². The van der Waals surface area contributed by atoms with Gasteiger partial charge in [-0.1, -0.05) is 28.8 Å². The predicted molar refractivity (Wildman–Crippen MR) is 83.3 cm³/mol. The van der Waals surface area contributed by atoms with Crippen LogP contribution in [0.25, 0.3) is 0 Å². The highest BCUT2D eigenvalue weighted by Crippen LogP contribution is 2.17. The van der Waals surface area contributed by atoms with Gasteiger partial charge in [-0.3, -0.25) is 10.1 Å². The number of urea groups is 1. The van der Waals surface area contributed by atoms with Gasteiger partial charge in [-0.2, -0.15) is 0 Å². The van der Waals surface area contributed by atoms with Crippen molar-refractivity contribution < 1.29 is 23.5 Å². The third-order valence-corrected chi connectivity index (χ3v) is 3.92. The van der Waals surface area contributed by atoms with Gasteiger partial charge >= 0.3 is 12.0 Å². The molecule has 23 heavy (non-hydrogen) atoms. The van der Waals surface area contributed by atoms with Gasteiger partial charge < -0.3 is 10.1 Å². The van der Waals surface area contributed by atoms with Crippen LogP contribution >= 0.6 is 15.9 Å². The van der Waals surface area contributed by atoms with E-state index in [1.54, 1.807) is 0 Å². The van der Waals surface area contributed by atoms with Gasteiger partial charge in [-0.15, -0.1) is 0 Å². The SMILES string of the molecule is O=C(COC(=O)c1cc(Br)ccc1F)NC(=O)NC1CCCC1. The molecule has 0 aromatic heterocycles. The molecule has 0 bridgehead atoms. The standard InChI is InChI=1S/C15H16BrFN2O4/c16-9-5-6-12(17)11(7-9)14(21)23-8-13(20)19-15(22)18-10-3-1-2-4-10/h5-7,10H,1-4,8H2,(H2,18,19,20,22). The molecule has 1 fully saturated rings. The zero-order valence-corrected chi connectivity index (χ0v) is 13.8. The summed E-state index contributed by atoms with van der Waals surface area (Å²) in [7, 11) is 0. The van der Waals surface area contributed by atoms with Gasteiger partial charge in [0.05, 0.1) is 5.56 Å². The van der Waals surface area contributed by atoms with Crippen LogP contribution in [0.5, 0.6) is 0 Å². The summed E-state index contributed by atoms with van der Waals surface area (Å²) in [4.78, 5) is 34.9. The van der Waals surface area contributed by atoms with Crippen LogP contribution in [0.2, 0.25) is 0 Å². The third kappa shape index (κ3) is 5.31. The van der Waals surface area contributed by atoms with E-state index in [4.69, 9.17) is 4.74 Å². The van der Waals surface area contributed by atoms with Crippen LogP contribution in [0.15, 0.2) is 22.7 Å². The molecule has 0 atom stereocenters. The summed E-state index contributed by atoms with van der Waals surface area (Å²) >= 11 is 3.11. The molecule has 0 aliphatic heterocycles. The van der Waals surface area contributed by atoms with E-state index in [9.17, 15) is 18.8 Å². The van der Waals surface area contributed by atoms with Crippen LogP contribution in [0.1, 0.15) is 36.0 Å². The number of amides is 3. The van der Waals surface area contributed by atoms with Gasteiger partial charge in [-0.05, 0) is 31.0 Å². The maximum Gasteiger partial charge on any atom is 0.341 e. The fourth-order valence-electron chi connectivity index (χ4n) is 2.32. The number of carbonyl (C=O) groups excluding carboxylic acids is 3. The number of nitrogens with one attached hydrogen (secondary N) is 2. The van der Waals surface area contributed by atoms with Gasteiger partial charge in [0.2, 0.25) is 0 Å². The number of hydrogen-bond donors (Lipinski definition) is 2. The number of benzene rings is 1. The molecule has 1 aliphatic carbocycles. The number of esters is 1. The molecule has 8 heteroatoms. The van der Waals surface area contributed by atoms with E-state index < -0.39 is 30.3 Å². The van der Waals surface area contributed by atoms with Gasteiger partial charge in [0.1, 0.15) is 5.82 Å². The lowest BCUT2D eigenvalue weighted by molar-refractivity contribution is -0.123. The number of ether oxygens (including phenoxy) is 1. The van der Waals surface area contributed by atoms with Crippen LogP contribution in [0, 0.1) is 5.82 Å². The molecular formula is C15H16BrFN2O4. The van der Waals surface area contributed by atoms with Gasteiger partial charge in [-0.25, -0.2) is 14.0 Å². The maximum absolute atomic E-state index is 13.5. The van der Waals surface area contributed by atoms with Crippen molar-refractivity contribution in [3.05, 3.63) is 34.1 Å². The molecule has 1 aromatic carbocycles. The summed E-state index contributed by atoms with van der Waals surface area (Å²) in [6, 6.07) is 3.25. The molecule has 0 saturated heterocycles. The molecule has 0 unspecified atom stereocenters. The molecule has 124 valence electrons. The Morgan fingerprint density at radius 3 is 2.65 bits per heavy atom. The first kappa shape index (κ1) is 17.4. The quantitative estimate of drug-likeness (QED) is 0.778. The summed E-state index contributed by atoms with van der Waals surface area (Å²) in [6.07, 6.45) is 3.88. The van der Waals surface area contributed by atoms with Crippen LogP contribution in [-0.2, 0) is 9.53 Å². The zero-order chi connectivity index (χ0) is 16.8. The monoisotopic (exact) mass is 386 g/mol. The lowest BCUT2D eigenvalue weighted by atomic mass is 10.2. The van der Waals surface area contributed by atoms with E-state index in [1.165, 1.54) is 12.1 Å². The number of carbonyl (C=O) groups is 3. The molecule has 0 radical (unpaired) electrons. The highest BCUT2D eigenvalue weighted by Gasteiger charge is 2.19. The van der Waals surface area contributed by atoms with Crippen LogP contribution < -0.4 is 10.6 Å². The molecule has 0 heterocycles. The minimum absolute atomic E-state index is 0.0705. The summed E-state index contributed by atoms with van der Waals surface area (Å²) in [5.41, 5.74) is -0.289. The van der Waals surface area contributed by atoms with Crippen molar-refractivity contribution in [1.29, 1.82) is 0 Å². The molecule has 2 N–H and O–H groups in total. The topological polar surface area (TPSA) is 84.5 Å². The molecule has 1 aromatic rings. The minimum atomic E-state index is -0.977. The highest BCUT2D eigenvalue weighted by atomic mass is 79.9. The number of halogens is 2. The summed E-state index contributed by atoms with van der Waals surface area (Å²) < 4.78 is 18.7. The normalized spacial score (nSPS) is 14.3. The number of rotatable bonds is 4. The summed E-state index contributed by atoms with van der Waals surface area (Å²) in [6.45, 7) is -0.664. The average Bonchev–Trinajstić information content (AvgIpc) is 3.00. The number of hydrogen-bond acceptors (Lipinski definition) is 4. The Morgan fingerprint density at radius 1 is 1.26 bits per heavy atom. The molecule has 6 nitrogen and oxygen atoms in total. The summed E-state index contributed by atoms with van der Waals surface area (Å²) in [5.74, 6) is -2.50. The van der Waals surface area contributed by atoms with Crippen LogP contribution in [-0.4, -0.2) is 30.6 Å². The van der Waals surface area contributed by atoms with E-state index in [2.05, 4.69) is 26.6 Å². The van der Waals surface area contributed by atoms with E-state index in [0.717, 1.165) is 31.7 Å². The molecule has 3 amide bonds. The Hall–Kier alpha value is -1.96.